The maximum absolute atomic E-state index is 13.3. The van der Waals surface area contributed by atoms with Crippen LogP contribution in [0.4, 0.5) is 4.79 Å². The van der Waals surface area contributed by atoms with Gasteiger partial charge >= 0.3 is 6.03 Å². The Morgan fingerprint density at radius 1 is 1.13 bits per heavy atom. The van der Waals surface area contributed by atoms with Gasteiger partial charge in [0.2, 0.25) is 5.91 Å². The van der Waals surface area contributed by atoms with E-state index in [4.69, 9.17) is 0 Å². The molecule has 4 amide bonds. The number of hydrogen-bond acceptors (Lipinski definition) is 3. The number of likely N-dealkylation sites (N-methyl/N-ethyl adjacent to an activating group) is 1. The van der Waals surface area contributed by atoms with Crippen LogP contribution in [0.5, 0.6) is 0 Å². The average molecular weight is 405 g/mol. The Balaban J connectivity index is 1.54. The van der Waals surface area contributed by atoms with E-state index in [0.717, 1.165) is 35.3 Å². The molecular weight excluding hydrogens is 378 g/mol. The normalized spacial score (nSPS) is 23.1. The van der Waals surface area contributed by atoms with Crippen LogP contribution in [0.15, 0.2) is 54.6 Å². The number of urea groups is 1. The largest absolute Gasteiger partial charge is 0.337 e. The summed E-state index contributed by atoms with van der Waals surface area (Å²) in [6.45, 7) is 1.61. The molecule has 156 valence electrons. The van der Waals surface area contributed by atoms with Gasteiger partial charge in [0.15, 0.2) is 0 Å². The minimum Gasteiger partial charge on any atom is -0.337 e. The van der Waals surface area contributed by atoms with Crippen molar-refractivity contribution in [2.45, 2.75) is 44.2 Å². The lowest BCUT2D eigenvalue weighted by molar-refractivity contribution is -0.140. The monoisotopic (exact) mass is 405 g/mol. The Kier molecular flexibility index (Phi) is 5.33. The summed E-state index contributed by atoms with van der Waals surface area (Å²) >= 11 is 0. The maximum atomic E-state index is 13.3. The summed E-state index contributed by atoms with van der Waals surface area (Å²) in [6.07, 6.45) is 3.31. The Morgan fingerprint density at radius 2 is 1.83 bits per heavy atom. The van der Waals surface area contributed by atoms with Crippen molar-refractivity contribution in [3.05, 3.63) is 71.3 Å². The minimum absolute atomic E-state index is 0.0340. The van der Waals surface area contributed by atoms with E-state index in [2.05, 4.69) is 17.4 Å². The number of fused-ring (bicyclic) bond motifs is 1. The number of carbonyl (C=O) groups excluding carboxylic acids is 3. The SMILES string of the molecule is CCC1(c2ccccc2)NC(=O)N(CC(=O)N(C)C2CCCc3ccccc32)C1=O. The van der Waals surface area contributed by atoms with Crippen LogP contribution >= 0.6 is 0 Å². The first-order chi connectivity index (χ1) is 14.5. The zero-order valence-electron chi connectivity index (χ0n) is 17.4. The highest BCUT2D eigenvalue weighted by Crippen LogP contribution is 2.35. The molecule has 2 aromatic rings. The van der Waals surface area contributed by atoms with Crippen LogP contribution < -0.4 is 5.32 Å². The molecule has 1 saturated heterocycles. The van der Waals surface area contributed by atoms with Crippen LogP contribution in [0.1, 0.15) is 48.9 Å². The van der Waals surface area contributed by atoms with E-state index in [9.17, 15) is 14.4 Å². The minimum atomic E-state index is -1.12. The Morgan fingerprint density at radius 3 is 2.57 bits per heavy atom. The highest BCUT2D eigenvalue weighted by atomic mass is 16.2. The molecule has 4 rings (SSSR count). The van der Waals surface area contributed by atoms with Gasteiger partial charge in [-0.1, -0.05) is 61.5 Å². The maximum Gasteiger partial charge on any atom is 0.325 e. The number of nitrogens with one attached hydrogen (secondary N) is 1. The highest BCUT2D eigenvalue weighted by molar-refractivity contribution is 6.09. The Bertz CT molecular complexity index is 975. The molecule has 0 aromatic heterocycles. The summed E-state index contributed by atoms with van der Waals surface area (Å²) in [5, 5.41) is 2.84. The summed E-state index contributed by atoms with van der Waals surface area (Å²) in [7, 11) is 1.76. The van der Waals surface area contributed by atoms with E-state index in [1.54, 1.807) is 11.9 Å². The number of carbonyl (C=O) groups is 3. The third kappa shape index (κ3) is 3.26. The molecule has 2 aliphatic rings. The van der Waals surface area contributed by atoms with Crippen molar-refractivity contribution in [3.63, 3.8) is 0 Å². The Hall–Kier alpha value is -3.15. The topological polar surface area (TPSA) is 69.7 Å². The molecule has 0 bridgehead atoms. The van der Waals surface area contributed by atoms with Gasteiger partial charge in [-0.2, -0.15) is 0 Å². The van der Waals surface area contributed by atoms with Gasteiger partial charge in [0.25, 0.3) is 5.91 Å². The van der Waals surface area contributed by atoms with Gasteiger partial charge in [-0.05, 0) is 42.4 Å². The predicted molar refractivity (Wildman–Crippen MR) is 114 cm³/mol. The van der Waals surface area contributed by atoms with Crippen molar-refractivity contribution in [1.29, 1.82) is 0 Å². The van der Waals surface area contributed by atoms with Crippen LogP contribution in [-0.4, -0.2) is 41.2 Å². The lowest BCUT2D eigenvalue weighted by Crippen LogP contribution is -2.45. The first-order valence-electron chi connectivity index (χ1n) is 10.5. The first-order valence-corrected chi connectivity index (χ1v) is 10.5. The molecule has 1 aliphatic heterocycles. The van der Waals surface area contributed by atoms with Gasteiger partial charge in [-0.3, -0.25) is 14.5 Å². The van der Waals surface area contributed by atoms with Gasteiger partial charge < -0.3 is 10.2 Å². The quantitative estimate of drug-likeness (QED) is 0.776. The van der Waals surface area contributed by atoms with Crippen molar-refractivity contribution < 1.29 is 14.4 Å². The standard InChI is InChI=1S/C24H27N3O3/c1-3-24(18-12-5-4-6-13-18)22(29)27(23(30)25-24)16-21(28)26(2)20-15-9-11-17-10-7-8-14-19(17)20/h4-8,10,12-14,20H,3,9,11,15-16H2,1-2H3,(H,25,30). The van der Waals surface area contributed by atoms with Crippen molar-refractivity contribution in [1.82, 2.24) is 15.1 Å². The smallest absolute Gasteiger partial charge is 0.325 e. The second kappa shape index (κ2) is 7.94. The second-order valence-electron chi connectivity index (χ2n) is 8.06. The fourth-order valence-corrected chi connectivity index (χ4v) is 4.68. The number of hydrogen-bond donors (Lipinski definition) is 1. The summed E-state index contributed by atoms with van der Waals surface area (Å²) in [5.41, 5.74) is 2.03. The number of aryl methyl sites for hydroxylation is 1. The molecule has 2 aromatic carbocycles. The van der Waals surface area contributed by atoms with Crippen LogP contribution in [0.25, 0.3) is 0 Å². The van der Waals surface area contributed by atoms with Crippen molar-refractivity contribution in [3.8, 4) is 0 Å². The molecule has 2 atom stereocenters. The second-order valence-corrected chi connectivity index (χ2v) is 8.06. The molecule has 1 N–H and O–H groups in total. The third-order valence-corrected chi connectivity index (χ3v) is 6.46. The first kappa shape index (κ1) is 20.1. The zero-order chi connectivity index (χ0) is 21.3. The molecule has 1 aliphatic carbocycles. The molecular formula is C24H27N3O3. The van der Waals surface area contributed by atoms with Crippen LogP contribution in [0.3, 0.4) is 0 Å². The third-order valence-electron chi connectivity index (χ3n) is 6.46. The van der Waals surface area contributed by atoms with Crippen molar-refractivity contribution in [2.24, 2.45) is 0 Å². The van der Waals surface area contributed by atoms with Crippen LogP contribution in [0.2, 0.25) is 0 Å². The summed E-state index contributed by atoms with van der Waals surface area (Å²) in [5.74, 6) is -0.604. The summed E-state index contributed by atoms with van der Waals surface area (Å²) in [6, 6.07) is 16.8. The fraction of sp³-hybridized carbons (Fsp3) is 0.375. The molecule has 6 nitrogen and oxygen atoms in total. The van der Waals surface area contributed by atoms with Gasteiger partial charge in [-0.15, -0.1) is 0 Å². The molecule has 2 unspecified atom stereocenters. The molecule has 0 spiro atoms. The molecule has 0 radical (unpaired) electrons. The van der Waals surface area contributed by atoms with E-state index in [1.807, 2.05) is 49.4 Å². The van der Waals surface area contributed by atoms with E-state index >= 15 is 0 Å². The number of rotatable bonds is 5. The summed E-state index contributed by atoms with van der Waals surface area (Å²) < 4.78 is 0. The number of imide groups is 1. The molecule has 0 saturated carbocycles. The summed E-state index contributed by atoms with van der Waals surface area (Å²) in [4.78, 5) is 41.8. The van der Waals surface area contributed by atoms with Gasteiger partial charge in [-0.25, -0.2) is 4.79 Å². The average Bonchev–Trinajstić information content (AvgIpc) is 3.03. The molecule has 6 heteroatoms. The van der Waals surface area contributed by atoms with Crippen LogP contribution in [-0.2, 0) is 21.5 Å². The number of amides is 4. The molecule has 1 fully saturated rings. The number of nitrogens with zero attached hydrogens (tertiary/aromatic N) is 2. The molecule has 1 heterocycles. The fourth-order valence-electron chi connectivity index (χ4n) is 4.68. The van der Waals surface area contributed by atoms with E-state index < -0.39 is 11.6 Å². The lowest BCUT2D eigenvalue weighted by Gasteiger charge is -2.34. The zero-order valence-corrected chi connectivity index (χ0v) is 17.4. The van der Waals surface area contributed by atoms with Crippen molar-refractivity contribution in [2.75, 3.05) is 13.6 Å². The lowest BCUT2D eigenvalue weighted by atomic mass is 9.87. The van der Waals surface area contributed by atoms with E-state index in [-0.39, 0.29) is 24.4 Å². The highest BCUT2D eigenvalue weighted by Gasteiger charge is 2.51. The Labute approximate surface area is 176 Å². The van der Waals surface area contributed by atoms with E-state index in [0.29, 0.717) is 6.42 Å². The van der Waals surface area contributed by atoms with Gasteiger partial charge in [0.1, 0.15) is 12.1 Å². The molecule has 30 heavy (non-hydrogen) atoms. The van der Waals surface area contributed by atoms with Crippen LogP contribution in [0, 0.1) is 0 Å². The van der Waals surface area contributed by atoms with Crippen molar-refractivity contribution >= 4 is 17.8 Å². The number of benzene rings is 2. The van der Waals surface area contributed by atoms with E-state index in [1.165, 1.54) is 5.56 Å². The van der Waals surface area contributed by atoms with Gasteiger partial charge in [0, 0.05) is 7.05 Å². The predicted octanol–water partition coefficient (Wildman–Crippen LogP) is 3.38. The van der Waals surface area contributed by atoms with Gasteiger partial charge in [0.05, 0.1) is 6.04 Å².